The van der Waals surface area contributed by atoms with Crippen LogP contribution in [0.4, 0.5) is 0 Å². The van der Waals surface area contributed by atoms with Gasteiger partial charge >= 0.3 is 0 Å². The molecule has 32 heavy (non-hydrogen) atoms. The van der Waals surface area contributed by atoms with Crippen LogP contribution in [0.5, 0.6) is 5.19 Å². The fourth-order valence-corrected chi connectivity index (χ4v) is 5.61. The predicted octanol–water partition coefficient (Wildman–Crippen LogP) is 4.27. The highest BCUT2D eigenvalue weighted by molar-refractivity contribution is 7.19. The SMILES string of the molecule is Cc1cn2cc(-c3cnc4nc(OC5CC(C)(C)NC(C)(C)C5)sc4n3)cc(C#N)c2n1. The molecule has 8 nitrogen and oxygen atoms in total. The van der Waals surface area contributed by atoms with Gasteiger partial charge in [0.2, 0.25) is 0 Å². The van der Waals surface area contributed by atoms with Crippen molar-refractivity contribution in [1.29, 1.82) is 5.26 Å². The van der Waals surface area contributed by atoms with Crippen molar-refractivity contribution in [3.63, 3.8) is 0 Å². The summed E-state index contributed by atoms with van der Waals surface area (Å²) in [7, 11) is 0. The second kappa shape index (κ2) is 7.22. The van der Waals surface area contributed by atoms with Crippen molar-refractivity contribution in [2.24, 2.45) is 0 Å². The van der Waals surface area contributed by atoms with Crippen molar-refractivity contribution in [2.45, 2.75) is 64.6 Å². The summed E-state index contributed by atoms with van der Waals surface area (Å²) in [5.41, 5.74) is 4.05. The molecule has 4 aromatic heterocycles. The molecule has 1 fully saturated rings. The number of nitrogens with one attached hydrogen (secondary N) is 1. The van der Waals surface area contributed by atoms with Gasteiger partial charge in [-0.2, -0.15) is 10.2 Å². The van der Waals surface area contributed by atoms with Crippen molar-refractivity contribution in [1.82, 2.24) is 29.7 Å². The second-order valence-electron chi connectivity index (χ2n) is 9.77. The van der Waals surface area contributed by atoms with E-state index in [1.807, 2.05) is 23.7 Å². The number of nitrogens with zero attached hydrogens (tertiary/aromatic N) is 6. The molecule has 4 aromatic rings. The molecule has 0 spiro atoms. The minimum atomic E-state index is -0.00443. The van der Waals surface area contributed by atoms with E-state index in [4.69, 9.17) is 9.72 Å². The first-order valence-corrected chi connectivity index (χ1v) is 11.4. The third-order valence-corrected chi connectivity index (χ3v) is 6.44. The van der Waals surface area contributed by atoms with Crippen LogP contribution < -0.4 is 10.1 Å². The molecule has 0 unspecified atom stereocenters. The number of pyridine rings is 1. The summed E-state index contributed by atoms with van der Waals surface area (Å²) in [5.74, 6) is 0. The van der Waals surface area contributed by atoms with Gasteiger partial charge in [0, 0.05) is 41.9 Å². The van der Waals surface area contributed by atoms with Crippen LogP contribution in [0, 0.1) is 18.3 Å². The Morgan fingerprint density at radius 3 is 2.62 bits per heavy atom. The summed E-state index contributed by atoms with van der Waals surface area (Å²) in [5, 5.41) is 13.8. The molecule has 0 saturated carbocycles. The van der Waals surface area contributed by atoms with Gasteiger partial charge in [0.05, 0.1) is 23.1 Å². The first-order chi connectivity index (χ1) is 15.1. The van der Waals surface area contributed by atoms with Crippen molar-refractivity contribution in [3.05, 3.63) is 35.9 Å². The summed E-state index contributed by atoms with van der Waals surface area (Å²) in [6.07, 6.45) is 7.38. The van der Waals surface area contributed by atoms with E-state index >= 15 is 0 Å². The second-order valence-corrected chi connectivity index (χ2v) is 10.7. The van der Waals surface area contributed by atoms with Crippen LogP contribution >= 0.6 is 11.3 Å². The van der Waals surface area contributed by atoms with Crippen LogP contribution in [0.15, 0.2) is 24.7 Å². The lowest BCUT2D eigenvalue weighted by Crippen LogP contribution is -2.60. The molecular weight excluding hydrogens is 422 g/mol. The molecule has 1 saturated heterocycles. The molecule has 0 aromatic carbocycles. The molecule has 164 valence electrons. The predicted molar refractivity (Wildman–Crippen MR) is 124 cm³/mol. The van der Waals surface area contributed by atoms with Gasteiger partial charge in [-0.25, -0.2) is 15.0 Å². The van der Waals surface area contributed by atoms with E-state index in [0.717, 1.165) is 24.1 Å². The number of thiazole rings is 1. The Hall–Kier alpha value is -3.09. The van der Waals surface area contributed by atoms with E-state index in [1.165, 1.54) is 11.3 Å². The van der Waals surface area contributed by atoms with Gasteiger partial charge in [-0.05, 0) is 40.7 Å². The van der Waals surface area contributed by atoms with Crippen molar-refractivity contribution in [3.8, 4) is 22.5 Å². The lowest BCUT2D eigenvalue weighted by molar-refractivity contribution is 0.0559. The maximum absolute atomic E-state index is 9.55. The van der Waals surface area contributed by atoms with Gasteiger partial charge in [-0.15, -0.1) is 0 Å². The molecule has 0 atom stereocenters. The number of imidazole rings is 1. The highest BCUT2D eigenvalue weighted by Crippen LogP contribution is 2.34. The van der Waals surface area contributed by atoms with Gasteiger partial charge in [0.1, 0.15) is 12.2 Å². The topological polar surface area (TPSA) is 101 Å². The Labute approximate surface area is 190 Å². The van der Waals surface area contributed by atoms with Crippen LogP contribution in [0.3, 0.4) is 0 Å². The lowest BCUT2D eigenvalue weighted by Gasteiger charge is -2.45. The first-order valence-electron chi connectivity index (χ1n) is 10.6. The van der Waals surface area contributed by atoms with Crippen LogP contribution in [-0.4, -0.2) is 41.5 Å². The number of nitriles is 1. The fraction of sp³-hybridized carbons (Fsp3) is 0.435. The Kier molecular flexibility index (Phi) is 4.69. The van der Waals surface area contributed by atoms with Crippen molar-refractivity contribution in [2.75, 3.05) is 0 Å². The molecule has 0 amide bonds. The number of hydrogen-bond donors (Lipinski definition) is 1. The highest BCUT2D eigenvalue weighted by atomic mass is 32.1. The number of aromatic nitrogens is 5. The zero-order valence-electron chi connectivity index (χ0n) is 18.8. The van der Waals surface area contributed by atoms with Gasteiger partial charge in [0.15, 0.2) is 16.1 Å². The number of aryl methyl sites for hydroxylation is 1. The average molecular weight is 448 g/mol. The van der Waals surface area contributed by atoms with Gasteiger partial charge < -0.3 is 14.5 Å². The zero-order chi connectivity index (χ0) is 22.7. The van der Waals surface area contributed by atoms with Crippen LogP contribution in [0.25, 0.3) is 27.4 Å². The minimum absolute atomic E-state index is 0.00443. The van der Waals surface area contributed by atoms with E-state index in [2.05, 4.69) is 54.0 Å². The van der Waals surface area contributed by atoms with Gasteiger partial charge in [-0.1, -0.05) is 11.3 Å². The molecule has 0 radical (unpaired) electrons. The van der Waals surface area contributed by atoms with E-state index in [0.29, 0.717) is 32.6 Å². The summed E-state index contributed by atoms with van der Waals surface area (Å²) in [6, 6.07) is 4.03. The van der Waals surface area contributed by atoms with E-state index in [1.54, 1.807) is 12.3 Å². The normalized spacial score (nSPS) is 18.1. The average Bonchev–Trinajstić information content (AvgIpc) is 3.25. The molecule has 0 aliphatic carbocycles. The zero-order valence-corrected chi connectivity index (χ0v) is 19.6. The third-order valence-electron chi connectivity index (χ3n) is 5.61. The Bertz CT molecular complexity index is 1360. The standard InChI is InChI=1S/C23H25N7OS/c1-13-11-30-12-15(6-14(9-24)19(30)26-13)17-10-25-18-20(27-17)32-21(28-18)31-16-7-22(2,3)29-23(4,5)8-16/h6,10-12,16,29H,7-8H2,1-5H3. The minimum Gasteiger partial charge on any atom is -0.466 e. The smallest absolute Gasteiger partial charge is 0.277 e. The lowest BCUT2D eigenvalue weighted by atomic mass is 9.81. The Morgan fingerprint density at radius 1 is 1.16 bits per heavy atom. The molecule has 1 aliphatic heterocycles. The van der Waals surface area contributed by atoms with E-state index in [-0.39, 0.29) is 17.2 Å². The van der Waals surface area contributed by atoms with Gasteiger partial charge in [-0.3, -0.25) is 0 Å². The van der Waals surface area contributed by atoms with E-state index < -0.39 is 0 Å². The number of piperidine rings is 1. The van der Waals surface area contributed by atoms with Crippen LogP contribution in [0.1, 0.15) is 51.8 Å². The number of ether oxygens (including phenoxy) is 1. The summed E-state index contributed by atoms with van der Waals surface area (Å²) < 4.78 is 8.14. The number of hydrogen-bond acceptors (Lipinski definition) is 8. The molecule has 9 heteroatoms. The number of rotatable bonds is 3. The van der Waals surface area contributed by atoms with Crippen LogP contribution in [-0.2, 0) is 0 Å². The Balaban J connectivity index is 1.46. The first kappa shape index (κ1) is 20.8. The molecular formula is C23H25N7OS. The third kappa shape index (κ3) is 3.92. The van der Waals surface area contributed by atoms with E-state index in [9.17, 15) is 5.26 Å². The molecule has 5 heterocycles. The largest absolute Gasteiger partial charge is 0.466 e. The molecule has 1 N–H and O–H groups in total. The summed E-state index contributed by atoms with van der Waals surface area (Å²) >= 11 is 1.41. The summed E-state index contributed by atoms with van der Waals surface area (Å²) in [6.45, 7) is 10.7. The maximum atomic E-state index is 9.55. The maximum Gasteiger partial charge on any atom is 0.277 e. The Morgan fingerprint density at radius 2 is 1.91 bits per heavy atom. The van der Waals surface area contributed by atoms with Crippen molar-refractivity contribution >= 4 is 27.5 Å². The number of fused-ring (bicyclic) bond motifs is 2. The van der Waals surface area contributed by atoms with Crippen molar-refractivity contribution < 1.29 is 4.74 Å². The molecule has 5 rings (SSSR count). The molecule has 1 aliphatic rings. The molecule has 0 bridgehead atoms. The monoisotopic (exact) mass is 447 g/mol. The highest BCUT2D eigenvalue weighted by Gasteiger charge is 2.39. The summed E-state index contributed by atoms with van der Waals surface area (Å²) in [4.78, 5) is 19.0. The fourth-order valence-electron chi connectivity index (χ4n) is 4.79. The quantitative estimate of drug-likeness (QED) is 0.500. The van der Waals surface area contributed by atoms with Crippen LogP contribution in [0.2, 0.25) is 0 Å². The van der Waals surface area contributed by atoms with Gasteiger partial charge in [0.25, 0.3) is 5.19 Å².